The first-order valence-electron chi connectivity index (χ1n) is 5.05. The fourth-order valence-corrected chi connectivity index (χ4v) is 1.42. The van der Waals surface area contributed by atoms with Crippen molar-refractivity contribution < 1.29 is 10.2 Å². The highest BCUT2D eigenvalue weighted by atomic mass is 16.3. The van der Waals surface area contributed by atoms with Crippen molar-refractivity contribution in [3.8, 4) is 5.75 Å². The molecule has 0 amide bonds. The Morgan fingerprint density at radius 3 is 2.00 bits per heavy atom. The molecule has 0 saturated carbocycles. The van der Waals surface area contributed by atoms with Crippen LogP contribution < -0.4 is 5.73 Å². The lowest BCUT2D eigenvalue weighted by molar-refractivity contribution is 0.0401. The van der Waals surface area contributed by atoms with Gasteiger partial charge in [-0.05, 0) is 23.1 Å². The summed E-state index contributed by atoms with van der Waals surface area (Å²) in [6.45, 7) is 5.83. The van der Waals surface area contributed by atoms with E-state index in [9.17, 15) is 5.11 Å². The zero-order valence-electron chi connectivity index (χ0n) is 9.44. The molecule has 84 valence electrons. The average molecular weight is 209 g/mol. The first kappa shape index (κ1) is 12.0. The summed E-state index contributed by atoms with van der Waals surface area (Å²) in [5, 5.41) is 19.1. The van der Waals surface area contributed by atoms with Crippen LogP contribution in [0.5, 0.6) is 5.75 Å². The van der Waals surface area contributed by atoms with Crippen molar-refractivity contribution in [1.82, 2.24) is 0 Å². The Bertz CT molecular complexity index is 313. The molecule has 3 nitrogen and oxygen atoms in total. The number of aromatic hydroxyl groups is 1. The van der Waals surface area contributed by atoms with Crippen molar-refractivity contribution in [1.29, 1.82) is 0 Å². The SMILES string of the molecule is CC(C)(C)[C@H](O)[C@H](N)c1ccc(O)cc1. The molecule has 1 rings (SSSR count). The maximum Gasteiger partial charge on any atom is 0.115 e. The third kappa shape index (κ3) is 2.94. The Labute approximate surface area is 90.5 Å². The van der Waals surface area contributed by atoms with Gasteiger partial charge in [-0.15, -0.1) is 0 Å². The average Bonchev–Trinajstić information content (AvgIpc) is 2.15. The summed E-state index contributed by atoms with van der Waals surface area (Å²) in [6.07, 6.45) is -0.609. The van der Waals surface area contributed by atoms with Crippen molar-refractivity contribution >= 4 is 0 Å². The van der Waals surface area contributed by atoms with E-state index in [-0.39, 0.29) is 11.2 Å². The van der Waals surface area contributed by atoms with E-state index in [1.54, 1.807) is 24.3 Å². The second-order valence-corrected chi connectivity index (χ2v) is 4.93. The molecule has 0 unspecified atom stereocenters. The number of hydrogen-bond donors (Lipinski definition) is 3. The maximum absolute atomic E-state index is 9.99. The topological polar surface area (TPSA) is 66.5 Å². The van der Waals surface area contributed by atoms with Crippen LogP contribution in [0.4, 0.5) is 0 Å². The Morgan fingerprint density at radius 1 is 1.13 bits per heavy atom. The van der Waals surface area contributed by atoms with E-state index < -0.39 is 12.1 Å². The van der Waals surface area contributed by atoms with Crippen LogP contribution in [0.2, 0.25) is 0 Å². The number of rotatable bonds is 2. The molecule has 0 aromatic heterocycles. The van der Waals surface area contributed by atoms with Gasteiger partial charge >= 0.3 is 0 Å². The maximum atomic E-state index is 9.99. The first-order chi connectivity index (χ1) is 6.82. The predicted molar refractivity (Wildman–Crippen MR) is 60.5 cm³/mol. The molecule has 0 aliphatic carbocycles. The van der Waals surface area contributed by atoms with Crippen molar-refractivity contribution in [2.75, 3.05) is 0 Å². The number of phenols is 1. The smallest absolute Gasteiger partial charge is 0.115 e. The quantitative estimate of drug-likeness (QED) is 0.695. The van der Waals surface area contributed by atoms with Gasteiger partial charge in [-0.25, -0.2) is 0 Å². The summed E-state index contributed by atoms with van der Waals surface area (Å²) in [5.41, 5.74) is 6.52. The minimum absolute atomic E-state index is 0.205. The first-order valence-corrected chi connectivity index (χ1v) is 5.05. The summed E-state index contributed by atoms with van der Waals surface area (Å²) < 4.78 is 0. The van der Waals surface area contributed by atoms with Gasteiger partial charge in [-0.3, -0.25) is 0 Å². The molecule has 0 saturated heterocycles. The number of aliphatic hydroxyl groups excluding tert-OH is 1. The third-order valence-corrected chi connectivity index (χ3v) is 2.51. The molecule has 4 N–H and O–H groups in total. The largest absolute Gasteiger partial charge is 0.508 e. The minimum atomic E-state index is -0.609. The van der Waals surface area contributed by atoms with Crippen LogP contribution >= 0.6 is 0 Å². The predicted octanol–water partition coefficient (Wildman–Crippen LogP) is 1.80. The zero-order chi connectivity index (χ0) is 11.6. The van der Waals surface area contributed by atoms with E-state index in [1.165, 1.54) is 0 Å². The third-order valence-electron chi connectivity index (χ3n) is 2.51. The molecule has 0 bridgehead atoms. The van der Waals surface area contributed by atoms with E-state index in [2.05, 4.69) is 0 Å². The van der Waals surface area contributed by atoms with Crippen LogP contribution in [-0.4, -0.2) is 16.3 Å². The molecule has 1 aromatic rings. The molecule has 0 aliphatic rings. The Kier molecular flexibility index (Phi) is 3.37. The highest BCUT2D eigenvalue weighted by Crippen LogP contribution is 2.28. The molecule has 15 heavy (non-hydrogen) atoms. The van der Waals surface area contributed by atoms with Crippen LogP contribution in [0, 0.1) is 5.41 Å². The molecule has 3 heteroatoms. The van der Waals surface area contributed by atoms with Gasteiger partial charge in [0.15, 0.2) is 0 Å². The number of nitrogens with two attached hydrogens (primary N) is 1. The number of benzene rings is 1. The van der Waals surface area contributed by atoms with Gasteiger partial charge in [-0.1, -0.05) is 32.9 Å². The van der Waals surface area contributed by atoms with E-state index >= 15 is 0 Å². The molecule has 1 aromatic carbocycles. The van der Waals surface area contributed by atoms with Crippen LogP contribution in [0.3, 0.4) is 0 Å². The van der Waals surface area contributed by atoms with Gasteiger partial charge in [0.25, 0.3) is 0 Å². The molecule has 0 spiro atoms. The van der Waals surface area contributed by atoms with Crippen molar-refractivity contribution in [3.05, 3.63) is 29.8 Å². The summed E-state index contributed by atoms with van der Waals surface area (Å²) in [7, 11) is 0. The van der Waals surface area contributed by atoms with Gasteiger partial charge in [0.1, 0.15) is 5.75 Å². The molecular weight excluding hydrogens is 190 g/mol. The highest BCUT2D eigenvalue weighted by molar-refractivity contribution is 5.28. The van der Waals surface area contributed by atoms with Crippen LogP contribution in [-0.2, 0) is 0 Å². The summed E-state index contributed by atoms with van der Waals surface area (Å²) in [5.74, 6) is 0.205. The molecule has 0 fully saturated rings. The number of hydrogen-bond acceptors (Lipinski definition) is 3. The van der Waals surface area contributed by atoms with Crippen LogP contribution in [0.1, 0.15) is 32.4 Å². The van der Waals surface area contributed by atoms with E-state index in [1.807, 2.05) is 20.8 Å². The van der Waals surface area contributed by atoms with Gasteiger partial charge in [-0.2, -0.15) is 0 Å². The van der Waals surface area contributed by atoms with Gasteiger partial charge < -0.3 is 15.9 Å². The molecule has 2 atom stereocenters. The molecule has 0 aliphatic heterocycles. The van der Waals surface area contributed by atoms with Gasteiger partial charge in [0, 0.05) is 0 Å². The van der Waals surface area contributed by atoms with E-state index in [0.29, 0.717) is 0 Å². The Balaban J connectivity index is 2.85. The fraction of sp³-hybridized carbons (Fsp3) is 0.500. The lowest BCUT2D eigenvalue weighted by Crippen LogP contribution is -2.36. The van der Waals surface area contributed by atoms with Crippen LogP contribution in [0.25, 0.3) is 0 Å². The Morgan fingerprint density at radius 2 is 1.60 bits per heavy atom. The number of aliphatic hydroxyl groups is 1. The zero-order valence-corrected chi connectivity index (χ0v) is 9.44. The lowest BCUT2D eigenvalue weighted by atomic mass is 9.82. The second-order valence-electron chi connectivity index (χ2n) is 4.93. The normalized spacial score (nSPS) is 16.1. The second kappa shape index (κ2) is 4.21. The van der Waals surface area contributed by atoms with Crippen molar-refractivity contribution in [3.63, 3.8) is 0 Å². The Hall–Kier alpha value is -1.06. The van der Waals surface area contributed by atoms with E-state index in [4.69, 9.17) is 10.8 Å². The minimum Gasteiger partial charge on any atom is -0.508 e. The summed E-state index contributed by atoms with van der Waals surface area (Å²) >= 11 is 0. The van der Waals surface area contributed by atoms with Crippen LogP contribution in [0.15, 0.2) is 24.3 Å². The van der Waals surface area contributed by atoms with Crippen molar-refractivity contribution in [2.45, 2.75) is 32.9 Å². The summed E-state index contributed by atoms with van der Waals surface area (Å²) in [6, 6.07) is 6.18. The van der Waals surface area contributed by atoms with Gasteiger partial charge in [0.2, 0.25) is 0 Å². The number of phenolic OH excluding ortho intramolecular Hbond substituents is 1. The van der Waals surface area contributed by atoms with Gasteiger partial charge in [0.05, 0.1) is 12.1 Å². The fourth-order valence-electron chi connectivity index (χ4n) is 1.42. The molecular formula is C12H19NO2. The van der Waals surface area contributed by atoms with Crippen molar-refractivity contribution in [2.24, 2.45) is 11.1 Å². The monoisotopic (exact) mass is 209 g/mol. The highest BCUT2D eigenvalue weighted by Gasteiger charge is 2.28. The standard InChI is InChI=1S/C12H19NO2/c1-12(2,3)11(15)10(13)8-4-6-9(14)7-5-8/h4-7,10-11,14-15H,13H2,1-3H3/t10-,11-/m1/s1. The summed E-state index contributed by atoms with van der Waals surface area (Å²) in [4.78, 5) is 0. The van der Waals surface area contributed by atoms with E-state index in [0.717, 1.165) is 5.56 Å². The molecule has 0 radical (unpaired) electrons. The lowest BCUT2D eigenvalue weighted by Gasteiger charge is -2.31. The molecule has 0 heterocycles.